The van der Waals surface area contributed by atoms with Gasteiger partial charge in [-0.1, -0.05) is 24.3 Å². The maximum Gasteiger partial charge on any atom is 0.162 e. The highest BCUT2D eigenvalue weighted by atomic mass is 15.0. The van der Waals surface area contributed by atoms with Gasteiger partial charge in [0.15, 0.2) is 5.82 Å². The monoisotopic (exact) mass is 350 g/mol. The van der Waals surface area contributed by atoms with Gasteiger partial charge in [-0.05, 0) is 66.4 Å². The first-order valence-electron chi connectivity index (χ1n) is 9.01. The number of hydrogen-bond acceptors (Lipinski definition) is 4. The molecule has 4 aromatic rings. The Bertz CT molecular complexity index is 1180. The number of nitrogens with zero attached hydrogens (tertiary/aromatic N) is 3. The van der Waals surface area contributed by atoms with E-state index < -0.39 is 0 Å². The summed E-state index contributed by atoms with van der Waals surface area (Å²) in [5.74, 6) is 1.51. The SMILES string of the molecule is Cc1ccc2c(Nc3ccc4c(c3)C=CC4)nc(-c3ccncc3)nc2c1. The summed E-state index contributed by atoms with van der Waals surface area (Å²) in [6.07, 6.45) is 8.90. The molecule has 2 aromatic carbocycles. The molecule has 0 saturated carbocycles. The number of anilines is 2. The Balaban J connectivity index is 1.64. The van der Waals surface area contributed by atoms with E-state index in [1.807, 2.05) is 12.1 Å². The molecule has 2 heterocycles. The molecule has 0 spiro atoms. The molecule has 0 atom stereocenters. The van der Waals surface area contributed by atoms with Crippen molar-refractivity contribution in [2.45, 2.75) is 13.3 Å². The maximum atomic E-state index is 4.82. The lowest BCUT2D eigenvalue weighted by atomic mass is 10.1. The minimum Gasteiger partial charge on any atom is -0.340 e. The lowest BCUT2D eigenvalue weighted by Gasteiger charge is -2.12. The van der Waals surface area contributed by atoms with Gasteiger partial charge in [0.25, 0.3) is 0 Å². The van der Waals surface area contributed by atoms with Gasteiger partial charge in [0.1, 0.15) is 5.82 Å². The van der Waals surface area contributed by atoms with Crippen molar-refractivity contribution in [3.63, 3.8) is 0 Å². The standard InChI is InChI=1S/C23H18N4/c1-15-5-8-20-21(13-15)26-22(17-9-11-24-12-10-17)27-23(20)25-19-7-6-16-3-2-4-18(16)14-19/h2,4-14H,3H2,1H3,(H,25,26,27). The van der Waals surface area contributed by atoms with Crippen LogP contribution < -0.4 is 5.32 Å². The van der Waals surface area contributed by atoms with Crippen molar-refractivity contribution in [1.82, 2.24) is 15.0 Å². The van der Waals surface area contributed by atoms with Crippen molar-refractivity contribution in [2.24, 2.45) is 0 Å². The van der Waals surface area contributed by atoms with Gasteiger partial charge in [-0.2, -0.15) is 0 Å². The average molecular weight is 350 g/mol. The highest BCUT2D eigenvalue weighted by molar-refractivity contribution is 5.92. The maximum absolute atomic E-state index is 4.82. The number of aromatic nitrogens is 3. The zero-order valence-corrected chi connectivity index (χ0v) is 15.0. The van der Waals surface area contributed by atoms with Gasteiger partial charge in [0, 0.05) is 29.0 Å². The fourth-order valence-electron chi connectivity index (χ4n) is 3.43. The summed E-state index contributed by atoms with van der Waals surface area (Å²) in [7, 11) is 0. The molecule has 0 saturated heterocycles. The third-order valence-electron chi connectivity index (χ3n) is 4.83. The van der Waals surface area contributed by atoms with Crippen molar-refractivity contribution in [3.8, 4) is 11.4 Å². The van der Waals surface area contributed by atoms with Crippen molar-refractivity contribution in [2.75, 3.05) is 5.32 Å². The van der Waals surface area contributed by atoms with E-state index in [1.54, 1.807) is 12.4 Å². The summed E-state index contributed by atoms with van der Waals surface area (Å²) in [6.45, 7) is 2.08. The molecule has 2 aromatic heterocycles. The number of hydrogen-bond donors (Lipinski definition) is 1. The van der Waals surface area contributed by atoms with E-state index in [0.29, 0.717) is 5.82 Å². The fourth-order valence-corrected chi connectivity index (χ4v) is 3.43. The molecule has 0 radical (unpaired) electrons. The largest absolute Gasteiger partial charge is 0.340 e. The number of aryl methyl sites for hydroxylation is 1. The summed E-state index contributed by atoms with van der Waals surface area (Å²) in [5.41, 5.74) is 6.72. The van der Waals surface area contributed by atoms with Gasteiger partial charge in [-0.15, -0.1) is 0 Å². The number of nitrogens with one attached hydrogen (secondary N) is 1. The first-order valence-corrected chi connectivity index (χ1v) is 9.01. The van der Waals surface area contributed by atoms with Crippen LogP contribution in [0.3, 0.4) is 0 Å². The van der Waals surface area contributed by atoms with Crippen LogP contribution >= 0.6 is 0 Å². The molecular weight excluding hydrogens is 332 g/mol. The second-order valence-corrected chi connectivity index (χ2v) is 6.80. The van der Waals surface area contributed by atoms with E-state index in [4.69, 9.17) is 9.97 Å². The molecule has 27 heavy (non-hydrogen) atoms. The number of rotatable bonds is 3. The highest BCUT2D eigenvalue weighted by Gasteiger charge is 2.11. The van der Waals surface area contributed by atoms with E-state index in [9.17, 15) is 0 Å². The Morgan fingerprint density at radius 3 is 2.70 bits per heavy atom. The fraction of sp³-hybridized carbons (Fsp3) is 0.0870. The number of pyridine rings is 1. The van der Waals surface area contributed by atoms with Crippen LogP contribution in [0.1, 0.15) is 16.7 Å². The minimum absolute atomic E-state index is 0.694. The Labute approximate surface area is 157 Å². The first kappa shape index (κ1) is 15.7. The normalized spacial score (nSPS) is 12.3. The van der Waals surface area contributed by atoms with Crippen LogP contribution in [0.4, 0.5) is 11.5 Å². The Morgan fingerprint density at radius 1 is 0.926 bits per heavy atom. The van der Waals surface area contributed by atoms with Crippen LogP contribution in [0.15, 0.2) is 67.0 Å². The topological polar surface area (TPSA) is 50.7 Å². The van der Waals surface area contributed by atoms with E-state index >= 15 is 0 Å². The van der Waals surface area contributed by atoms with Crippen LogP contribution in [-0.4, -0.2) is 15.0 Å². The molecular formula is C23H18N4. The van der Waals surface area contributed by atoms with E-state index in [2.05, 4.69) is 65.8 Å². The van der Waals surface area contributed by atoms with Crippen LogP contribution in [-0.2, 0) is 6.42 Å². The zero-order valence-electron chi connectivity index (χ0n) is 15.0. The predicted octanol–water partition coefficient (Wildman–Crippen LogP) is 5.31. The van der Waals surface area contributed by atoms with E-state index in [-0.39, 0.29) is 0 Å². The van der Waals surface area contributed by atoms with Gasteiger partial charge in [0.05, 0.1) is 5.52 Å². The molecule has 0 fully saturated rings. The van der Waals surface area contributed by atoms with Crippen LogP contribution in [0.5, 0.6) is 0 Å². The van der Waals surface area contributed by atoms with Gasteiger partial charge in [0.2, 0.25) is 0 Å². The number of allylic oxidation sites excluding steroid dienone is 1. The van der Waals surface area contributed by atoms with Crippen molar-refractivity contribution in [3.05, 3.63) is 83.7 Å². The van der Waals surface area contributed by atoms with Crippen molar-refractivity contribution >= 4 is 28.5 Å². The molecule has 0 bridgehead atoms. The minimum atomic E-state index is 0.694. The molecule has 1 N–H and O–H groups in total. The number of benzene rings is 2. The van der Waals surface area contributed by atoms with Crippen molar-refractivity contribution in [1.29, 1.82) is 0 Å². The molecule has 1 aliphatic carbocycles. The second kappa shape index (κ2) is 6.32. The molecule has 130 valence electrons. The van der Waals surface area contributed by atoms with Crippen LogP contribution in [0.2, 0.25) is 0 Å². The molecule has 0 aliphatic heterocycles. The quantitative estimate of drug-likeness (QED) is 0.544. The zero-order chi connectivity index (χ0) is 18.2. The predicted molar refractivity (Wildman–Crippen MR) is 110 cm³/mol. The van der Waals surface area contributed by atoms with Crippen LogP contribution in [0.25, 0.3) is 28.4 Å². The summed E-state index contributed by atoms with van der Waals surface area (Å²) < 4.78 is 0. The van der Waals surface area contributed by atoms with Gasteiger partial charge >= 0.3 is 0 Å². The van der Waals surface area contributed by atoms with E-state index in [0.717, 1.165) is 34.4 Å². The summed E-state index contributed by atoms with van der Waals surface area (Å²) in [4.78, 5) is 13.7. The smallest absolute Gasteiger partial charge is 0.162 e. The van der Waals surface area contributed by atoms with E-state index in [1.165, 1.54) is 16.7 Å². The summed E-state index contributed by atoms with van der Waals surface area (Å²) >= 11 is 0. The lowest BCUT2D eigenvalue weighted by Crippen LogP contribution is -2.00. The Kier molecular flexibility index (Phi) is 3.68. The molecule has 4 heteroatoms. The van der Waals surface area contributed by atoms with Crippen LogP contribution in [0, 0.1) is 6.92 Å². The van der Waals surface area contributed by atoms with Gasteiger partial charge in [-0.3, -0.25) is 4.98 Å². The lowest BCUT2D eigenvalue weighted by molar-refractivity contribution is 1.21. The molecule has 0 unspecified atom stereocenters. The van der Waals surface area contributed by atoms with Crippen molar-refractivity contribution < 1.29 is 0 Å². The summed E-state index contributed by atoms with van der Waals surface area (Å²) in [6, 6.07) is 16.6. The Morgan fingerprint density at radius 2 is 1.81 bits per heavy atom. The molecule has 4 nitrogen and oxygen atoms in total. The molecule has 0 amide bonds. The first-order chi connectivity index (χ1) is 13.3. The summed E-state index contributed by atoms with van der Waals surface area (Å²) in [5, 5.41) is 4.51. The molecule has 1 aliphatic rings. The average Bonchev–Trinajstić information content (AvgIpc) is 3.16. The third kappa shape index (κ3) is 2.95. The van der Waals surface area contributed by atoms with Gasteiger partial charge in [-0.25, -0.2) is 9.97 Å². The number of fused-ring (bicyclic) bond motifs is 2. The third-order valence-corrected chi connectivity index (χ3v) is 4.83. The highest BCUT2D eigenvalue weighted by Crippen LogP contribution is 2.30. The second-order valence-electron chi connectivity index (χ2n) is 6.80. The Hall–Kier alpha value is -3.53. The molecule has 5 rings (SSSR count). The van der Waals surface area contributed by atoms with Gasteiger partial charge < -0.3 is 5.32 Å².